The van der Waals surface area contributed by atoms with Gasteiger partial charge in [0.25, 0.3) is 5.91 Å². The molecule has 1 aromatic rings. The minimum absolute atomic E-state index is 0.0210. The van der Waals surface area contributed by atoms with Crippen molar-refractivity contribution in [2.75, 3.05) is 26.8 Å². The van der Waals surface area contributed by atoms with Crippen LogP contribution >= 0.6 is 0 Å². The summed E-state index contributed by atoms with van der Waals surface area (Å²) in [5, 5.41) is 8.79. The van der Waals surface area contributed by atoms with Crippen LogP contribution in [0.1, 0.15) is 28.0 Å². The van der Waals surface area contributed by atoms with Gasteiger partial charge in [-0.05, 0) is 19.1 Å². The SMILES string of the molecule is COCC1CN(C(=O)c2ccc(C(=O)O)o2)CC(C)O1. The van der Waals surface area contributed by atoms with Crippen LogP contribution in [0.3, 0.4) is 0 Å². The molecule has 1 amide bonds. The number of carboxylic acid groups (broad SMARTS) is 1. The van der Waals surface area contributed by atoms with E-state index in [1.165, 1.54) is 12.1 Å². The number of morpholine rings is 1. The minimum atomic E-state index is -1.20. The number of rotatable bonds is 4. The second-order valence-corrected chi connectivity index (χ2v) is 4.70. The lowest BCUT2D eigenvalue weighted by Crippen LogP contribution is -2.50. The Morgan fingerprint density at radius 3 is 2.70 bits per heavy atom. The van der Waals surface area contributed by atoms with Crippen LogP contribution in [0, 0.1) is 0 Å². The normalized spacial score (nSPS) is 22.8. The van der Waals surface area contributed by atoms with Crippen LogP contribution in [0.2, 0.25) is 0 Å². The van der Waals surface area contributed by atoms with E-state index in [-0.39, 0.29) is 29.6 Å². The number of nitrogens with zero attached hydrogens (tertiary/aromatic N) is 1. The van der Waals surface area contributed by atoms with Crippen molar-refractivity contribution in [3.63, 3.8) is 0 Å². The summed E-state index contributed by atoms with van der Waals surface area (Å²) in [6.07, 6.45) is -0.302. The second-order valence-electron chi connectivity index (χ2n) is 4.70. The van der Waals surface area contributed by atoms with Gasteiger partial charge in [0.15, 0.2) is 5.76 Å². The van der Waals surface area contributed by atoms with Crippen molar-refractivity contribution in [3.05, 3.63) is 23.7 Å². The lowest BCUT2D eigenvalue weighted by atomic mass is 10.2. The van der Waals surface area contributed by atoms with Crippen LogP contribution in [0.5, 0.6) is 0 Å². The number of carbonyl (C=O) groups excluding carboxylic acids is 1. The molecule has 2 heterocycles. The Balaban J connectivity index is 2.08. The van der Waals surface area contributed by atoms with Crippen LogP contribution < -0.4 is 0 Å². The van der Waals surface area contributed by atoms with E-state index in [9.17, 15) is 9.59 Å². The van der Waals surface area contributed by atoms with Crippen LogP contribution in [-0.4, -0.2) is 60.9 Å². The Bertz CT molecular complexity index is 497. The molecule has 1 N–H and O–H groups in total. The third kappa shape index (κ3) is 3.17. The highest BCUT2D eigenvalue weighted by Crippen LogP contribution is 2.16. The van der Waals surface area contributed by atoms with Crippen molar-refractivity contribution in [3.8, 4) is 0 Å². The number of carbonyl (C=O) groups is 2. The summed E-state index contributed by atoms with van der Waals surface area (Å²) in [4.78, 5) is 24.6. The number of methoxy groups -OCH3 is 1. The van der Waals surface area contributed by atoms with Crippen LogP contribution in [-0.2, 0) is 9.47 Å². The average molecular weight is 283 g/mol. The quantitative estimate of drug-likeness (QED) is 0.881. The number of furan rings is 1. The molecule has 1 fully saturated rings. The van der Waals surface area contributed by atoms with Crippen molar-refractivity contribution < 1.29 is 28.6 Å². The summed E-state index contributed by atoms with van der Waals surface area (Å²) >= 11 is 0. The van der Waals surface area contributed by atoms with E-state index in [0.29, 0.717) is 19.7 Å². The van der Waals surface area contributed by atoms with Crippen LogP contribution in [0.15, 0.2) is 16.5 Å². The third-order valence-corrected chi connectivity index (χ3v) is 2.99. The van der Waals surface area contributed by atoms with E-state index in [4.69, 9.17) is 19.0 Å². The van der Waals surface area contributed by atoms with Gasteiger partial charge in [0.2, 0.25) is 5.76 Å². The molecule has 0 spiro atoms. The molecule has 1 saturated heterocycles. The average Bonchev–Trinajstić information content (AvgIpc) is 2.87. The largest absolute Gasteiger partial charge is 0.475 e. The Kier molecular flexibility index (Phi) is 4.41. The van der Waals surface area contributed by atoms with E-state index in [2.05, 4.69) is 0 Å². The molecule has 0 bridgehead atoms. The first kappa shape index (κ1) is 14.5. The van der Waals surface area contributed by atoms with Crippen LogP contribution in [0.4, 0.5) is 0 Å². The smallest absolute Gasteiger partial charge is 0.371 e. The molecule has 20 heavy (non-hydrogen) atoms. The summed E-state index contributed by atoms with van der Waals surface area (Å²) < 4.78 is 15.7. The third-order valence-electron chi connectivity index (χ3n) is 2.99. The number of hydrogen-bond acceptors (Lipinski definition) is 5. The van der Waals surface area contributed by atoms with Gasteiger partial charge in [0.05, 0.1) is 18.8 Å². The first-order valence-electron chi connectivity index (χ1n) is 6.28. The van der Waals surface area contributed by atoms with Crippen LogP contribution in [0.25, 0.3) is 0 Å². The molecule has 0 radical (unpaired) electrons. The summed E-state index contributed by atoms with van der Waals surface area (Å²) in [6, 6.07) is 2.64. The van der Waals surface area contributed by atoms with E-state index in [1.807, 2.05) is 6.92 Å². The van der Waals surface area contributed by atoms with Gasteiger partial charge in [-0.2, -0.15) is 0 Å². The molecule has 2 atom stereocenters. The first-order valence-corrected chi connectivity index (χ1v) is 6.28. The minimum Gasteiger partial charge on any atom is -0.475 e. The molecule has 0 saturated carbocycles. The molecular weight excluding hydrogens is 266 g/mol. The lowest BCUT2D eigenvalue weighted by Gasteiger charge is -2.36. The van der Waals surface area contributed by atoms with Crippen molar-refractivity contribution in [2.45, 2.75) is 19.1 Å². The number of hydrogen-bond donors (Lipinski definition) is 1. The number of aromatic carboxylic acids is 1. The molecule has 7 nitrogen and oxygen atoms in total. The fourth-order valence-electron chi connectivity index (χ4n) is 2.21. The zero-order valence-corrected chi connectivity index (χ0v) is 11.4. The van der Waals surface area contributed by atoms with Gasteiger partial charge in [-0.15, -0.1) is 0 Å². The topological polar surface area (TPSA) is 89.2 Å². The molecule has 1 aliphatic rings. The van der Waals surface area contributed by atoms with Crippen molar-refractivity contribution >= 4 is 11.9 Å². The highest BCUT2D eigenvalue weighted by molar-refractivity contribution is 5.93. The fraction of sp³-hybridized carbons (Fsp3) is 0.538. The zero-order chi connectivity index (χ0) is 14.7. The maximum absolute atomic E-state index is 12.3. The molecule has 0 aromatic carbocycles. The van der Waals surface area contributed by atoms with Gasteiger partial charge >= 0.3 is 5.97 Å². The standard InChI is InChI=1S/C13H17NO6/c1-8-5-14(6-9(19-8)7-18-2)12(15)10-3-4-11(20-10)13(16)17/h3-4,8-9H,5-7H2,1-2H3,(H,16,17). The van der Waals surface area contributed by atoms with E-state index in [1.54, 1.807) is 12.0 Å². The van der Waals surface area contributed by atoms with Crippen molar-refractivity contribution in [2.24, 2.45) is 0 Å². The van der Waals surface area contributed by atoms with Gasteiger partial charge in [0, 0.05) is 20.2 Å². The molecule has 1 aromatic heterocycles. The predicted molar refractivity (Wildman–Crippen MR) is 67.8 cm³/mol. The molecule has 110 valence electrons. The molecule has 2 unspecified atom stereocenters. The Labute approximate surface area is 116 Å². The molecule has 7 heteroatoms. The molecule has 2 rings (SSSR count). The van der Waals surface area contributed by atoms with Gasteiger partial charge in [-0.3, -0.25) is 4.79 Å². The Hall–Kier alpha value is -1.86. The summed E-state index contributed by atoms with van der Waals surface area (Å²) in [5.74, 6) is -1.76. The van der Waals surface area contributed by atoms with E-state index < -0.39 is 5.97 Å². The van der Waals surface area contributed by atoms with Gasteiger partial charge in [-0.1, -0.05) is 0 Å². The van der Waals surface area contributed by atoms with Crippen molar-refractivity contribution in [1.82, 2.24) is 4.90 Å². The van der Waals surface area contributed by atoms with Gasteiger partial charge in [-0.25, -0.2) is 4.79 Å². The monoisotopic (exact) mass is 283 g/mol. The zero-order valence-electron chi connectivity index (χ0n) is 11.4. The summed E-state index contributed by atoms with van der Waals surface area (Å²) in [7, 11) is 1.57. The van der Waals surface area contributed by atoms with E-state index >= 15 is 0 Å². The van der Waals surface area contributed by atoms with Crippen molar-refractivity contribution in [1.29, 1.82) is 0 Å². The number of carboxylic acids is 1. The summed E-state index contributed by atoms with van der Waals surface area (Å²) in [6.45, 7) is 3.09. The Morgan fingerprint density at radius 1 is 1.40 bits per heavy atom. The lowest BCUT2D eigenvalue weighted by molar-refractivity contribution is -0.0922. The molecular formula is C13H17NO6. The number of amides is 1. The Morgan fingerprint density at radius 2 is 2.10 bits per heavy atom. The highest BCUT2D eigenvalue weighted by atomic mass is 16.5. The van der Waals surface area contributed by atoms with Gasteiger partial charge in [0.1, 0.15) is 0 Å². The molecule has 1 aliphatic heterocycles. The first-order chi connectivity index (χ1) is 9.51. The predicted octanol–water partition coefficient (Wildman–Crippen LogP) is 0.854. The maximum atomic E-state index is 12.3. The van der Waals surface area contributed by atoms with Gasteiger partial charge < -0.3 is 23.9 Å². The van der Waals surface area contributed by atoms with E-state index in [0.717, 1.165) is 0 Å². The number of ether oxygens (including phenoxy) is 2. The fourth-order valence-corrected chi connectivity index (χ4v) is 2.21. The summed E-state index contributed by atoms with van der Waals surface area (Å²) in [5.41, 5.74) is 0. The highest BCUT2D eigenvalue weighted by Gasteiger charge is 2.30. The molecule has 0 aliphatic carbocycles. The maximum Gasteiger partial charge on any atom is 0.371 e. The second kappa shape index (κ2) is 6.06.